The van der Waals surface area contributed by atoms with Gasteiger partial charge in [-0.3, -0.25) is 4.79 Å². The van der Waals surface area contributed by atoms with Crippen molar-refractivity contribution < 1.29 is 19.0 Å². The summed E-state index contributed by atoms with van der Waals surface area (Å²) in [5.74, 6) is 1.62. The quantitative estimate of drug-likeness (QED) is 0.639. The lowest BCUT2D eigenvalue weighted by Crippen LogP contribution is -2.33. The van der Waals surface area contributed by atoms with E-state index in [1.54, 1.807) is 33.5 Å². The zero-order chi connectivity index (χ0) is 17.4. The fourth-order valence-electron chi connectivity index (χ4n) is 3.04. The topological polar surface area (TPSA) is 56.8 Å². The van der Waals surface area contributed by atoms with Crippen LogP contribution in [0.15, 0.2) is 18.2 Å². The highest BCUT2D eigenvalue weighted by Crippen LogP contribution is 2.38. The van der Waals surface area contributed by atoms with Crippen LogP contribution in [0.3, 0.4) is 0 Å². The second-order valence-corrected chi connectivity index (χ2v) is 5.99. The second-order valence-electron chi connectivity index (χ2n) is 5.99. The van der Waals surface area contributed by atoms with Gasteiger partial charge in [-0.05, 0) is 36.6 Å². The molecule has 1 aromatic carbocycles. The summed E-state index contributed by atoms with van der Waals surface area (Å²) >= 11 is 0. The van der Waals surface area contributed by atoms with Gasteiger partial charge in [-0.2, -0.15) is 0 Å². The monoisotopic (exact) mass is 333 g/mol. The number of carbonyl (C=O) groups is 1. The van der Waals surface area contributed by atoms with Crippen molar-refractivity contribution in [3.63, 3.8) is 0 Å². The van der Waals surface area contributed by atoms with Gasteiger partial charge < -0.3 is 19.5 Å². The fraction of sp³-hybridized carbons (Fsp3) is 0.526. The van der Waals surface area contributed by atoms with E-state index in [0.717, 1.165) is 18.4 Å². The molecule has 0 aromatic heterocycles. The number of ether oxygens (including phenoxy) is 3. The largest absolute Gasteiger partial charge is 0.493 e. The van der Waals surface area contributed by atoms with Gasteiger partial charge in [0.25, 0.3) is 0 Å². The number of methoxy groups -OCH3 is 3. The van der Waals surface area contributed by atoms with Crippen LogP contribution < -0.4 is 19.5 Å². The molecule has 1 saturated carbocycles. The molecule has 5 heteroatoms. The summed E-state index contributed by atoms with van der Waals surface area (Å²) in [7, 11) is 4.71. The maximum Gasteiger partial charge on any atom is 0.244 e. The van der Waals surface area contributed by atoms with Crippen molar-refractivity contribution in [2.24, 2.45) is 0 Å². The second kappa shape index (κ2) is 9.21. The van der Waals surface area contributed by atoms with Crippen molar-refractivity contribution in [3.8, 4) is 17.2 Å². The number of hydrogen-bond donors (Lipinski definition) is 1. The molecule has 1 aromatic rings. The van der Waals surface area contributed by atoms with E-state index in [0.29, 0.717) is 23.3 Å². The van der Waals surface area contributed by atoms with Gasteiger partial charge in [-0.1, -0.05) is 25.7 Å². The Labute approximate surface area is 144 Å². The third-order valence-electron chi connectivity index (χ3n) is 4.32. The minimum Gasteiger partial charge on any atom is -0.493 e. The molecule has 132 valence electrons. The van der Waals surface area contributed by atoms with Crippen LogP contribution in [0, 0.1) is 0 Å². The molecule has 0 atom stereocenters. The van der Waals surface area contributed by atoms with Crippen molar-refractivity contribution in [1.82, 2.24) is 5.32 Å². The predicted octanol–water partition coefficient (Wildman–Crippen LogP) is 3.56. The summed E-state index contributed by atoms with van der Waals surface area (Å²) in [4.78, 5) is 12.1. The summed E-state index contributed by atoms with van der Waals surface area (Å²) in [6.45, 7) is 0. The zero-order valence-corrected chi connectivity index (χ0v) is 14.8. The maximum absolute atomic E-state index is 12.1. The zero-order valence-electron chi connectivity index (χ0n) is 14.8. The molecule has 1 amide bonds. The van der Waals surface area contributed by atoms with Crippen LogP contribution in [0.5, 0.6) is 17.2 Å². The summed E-state index contributed by atoms with van der Waals surface area (Å²) < 4.78 is 15.9. The van der Waals surface area contributed by atoms with E-state index in [9.17, 15) is 4.79 Å². The Kier molecular flexibility index (Phi) is 6.97. The first-order valence-corrected chi connectivity index (χ1v) is 8.46. The Morgan fingerprint density at radius 3 is 2.08 bits per heavy atom. The molecule has 1 aliphatic rings. The van der Waals surface area contributed by atoms with Gasteiger partial charge in [0.15, 0.2) is 11.5 Å². The van der Waals surface area contributed by atoms with Crippen molar-refractivity contribution in [1.29, 1.82) is 0 Å². The highest BCUT2D eigenvalue weighted by Gasteiger charge is 2.14. The van der Waals surface area contributed by atoms with E-state index in [4.69, 9.17) is 14.2 Å². The van der Waals surface area contributed by atoms with E-state index >= 15 is 0 Å². The summed E-state index contributed by atoms with van der Waals surface area (Å²) in [6, 6.07) is 3.93. The molecule has 5 nitrogen and oxygen atoms in total. The van der Waals surface area contributed by atoms with Crippen molar-refractivity contribution in [3.05, 3.63) is 23.8 Å². The summed E-state index contributed by atoms with van der Waals surface area (Å²) in [5, 5.41) is 3.10. The van der Waals surface area contributed by atoms with Gasteiger partial charge in [0.1, 0.15) is 0 Å². The maximum atomic E-state index is 12.1. The molecular formula is C19H27NO4. The van der Waals surface area contributed by atoms with Crippen molar-refractivity contribution >= 4 is 12.0 Å². The van der Waals surface area contributed by atoms with Crippen molar-refractivity contribution in [2.45, 2.75) is 44.6 Å². The molecule has 24 heavy (non-hydrogen) atoms. The molecule has 1 aliphatic carbocycles. The van der Waals surface area contributed by atoms with E-state index in [2.05, 4.69) is 5.32 Å². The summed E-state index contributed by atoms with van der Waals surface area (Å²) in [5.41, 5.74) is 0.820. The minimum atomic E-state index is -0.0596. The van der Waals surface area contributed by atoms with Crippen LogP contribution in [-0.2, 0) is 4.79 Å². The molecule has 0 bridgehead atoms. The molecule has 2 rings (SSSR count). The molecule has 0 heterocycles. The van der Waals surface area contributed by atoms with Crippen LogP contribution in [-0.4, -0.2) is 33.3 Å². The van der Waals surface area contributed by atoms with E-state index < -0.39 is 0 Å². The van der Waals surface area contributed by atoms with Gasteiger partial charge in [0, 0.05) is 12.1 Å². The van der Waals surface area contributed by atoms with Crippen LogP contribution >= 0.6 is 0 Å². The first-order chi connectivity index (χ1) is 11.7. The Bertz CT molecular complexity index is 550. The SMILES string of the molecule is COc1cc(/C=C/C(=O)NC2CCCCCC2)cc(OC)c1OC. The van der Waals surface area contributed by atoms with Crippen molar-refractivity contribution in [2.75, 3.05) is 21.3 Å². The highest BCUT2D eigenvalue weighted by atomic mass is 16.5. The Balaban J connectivity index is 2.05. The van der Waals surface area contributed by atoms with Gasteiger partial charge in [-0.15, -0.1) is 0 Å². The number of hydrogen-bond acceptors (Lipinski definition) is 4. The van der Waals surface area contributed by atoms with Gasteiger partial charge >= 0.3 is 0 Å². The predicted molar refractivity (Wildman–Crippen MR) is 94.8 cm³/mol. The van der Waals surface area contributed by atoms with E-state index in [1.165, 1.54) is 25.7 Å². The third-order valence-corrected chi connectivity index (χ3v) is 4.32. The molecule has 0 spiro atoms. The Hall–Kier alpha value is -2.17. The lowest BCUT2D eigenvalue weighted by molar-refractivity contribution is -0.117. The number of carbonyl (C=O) groups excluding carboxylic acids is 1. The minimum absolute atomic E-state index is 0.0596. The molecular weight excluding hydrogens is 306 g/mol. The first-order valence-electron chi connectivity index (χ1n) is 8.46. The Morgan fingerprint density at radius 2 is 1.58 bits per heavy atom. The lowest BCUT2D eigenvalue weighted by Gasteiger charge is -2.15. The third kappa shape index (κ3) is 4.91. The molecule has 0 aliphatic heterocycles. The number of nitrogens with one attached hydrogen (secondary N) is 1. The number of amides is 1. The lowest BCUT2D eigenvalue weighted by atomic mass is 10.1. The molecule has 1 fully saturated rings. The average molecular weight is 333 g/mol. The number of rotatable bonds is 6. The summed E-state index contributed by atoms with van der Waals surface area (Å²) in [6.07, 6.45) is 10.4. The molecule has 0 radical (unpaired) electrons. The van der Waals surface area contributed by atoms with Gasteiger partial charge in [-0.25, -0.2) is 0 Å². The highest BCUT2D eigenvalue weighted by molar-refractivity contribution is 5.92. The average Bonchev–Trinajstić information content (AvgIpc) is 2.87. The van der Waals surface area contributed by atoms with Gasteiger partial charge in [0.2, 0.25) is 11.7 Å². The van der Waals surface area contributed by atoms with Gasteiger partial charge in [0.05, 0.1) is 21.3 Å². The normalized spacial score (nSPS) is 15.8. The Morgan fingerprint density at radius 1 is 1.00 bits per heavy atom. The van der Waals surface area contributed by atoms with Crippen LogP contribution in [0.2, 0.25) is 0 Å². The number of benzene rings is 1. The van der Waals surface area contributed by atoms with E-state index in [1.807, 2.05) is 12.1 Å². The molecule has 0 saturated heterocycles. The first kappa shape index (κ1) is 18.2. The van der Waals surface area contributed by atoms with Crippen LogP contribution in [0.25, 0.3) is 6.08 Å². The van der Waals surface area contributed by atoms with Crippen LogP contribution in [0.1, 0.15) is 44.1 Å². The smallest absolute Gasteiger partial charge is 0.244 e. The fourth-order valence-corrected chi connectivity index (χ4v) is 3.04. The van der Waals surface area contributed by atoms with E-state index in [-0.39, 0.29) is 5.91 Å². The molecule has 1 N–H and O–H groups in total. The standard InChI is InChI=1S/C19H27NO4/c1-22-16-12-14(13-17(23-2)19(16)24-3)10-11-18(21)20-15-8-6-4-5-7-9-15/h10-13,15H,4-9H2,1-3H3,(H,20,21)/b11-10+. The molecule has 0 unspecified atom stereocenters. The van der Waals surface area contributed by atoms with Crippen LogP contribution in [0.4, 0.5) is 0 Å².